The zero-order chi connectivity index (χ0) is 21.5. The van der Waals surface area contributed by atoms with Crippen molar-refractivity contribution in [3.8, 4) is 0 Å². The van der Waals surface area contributed by atoms with Crippen LogP contribution in [0.15, 0.2) is 47.1 Å². The van der Waals surface area contributed by atoms with Crippen molar-refractivity contribution in [2.75, 3.05) is 0 Å². The van der Waals surface area contributed by atoms with Crippen molar-refractivity contribution in [2.24, 2.45) is 29.1 Å². The van der Waals surface area contributed by atoms with Gasteiger partial charge in [-0.15, -0.1) is 0 Å². The molecular weight excluding hydrogens is 372 g/mol. The second-order valence-corrected chi connectivity index (χ2v) is 10.7. The molecule has 0 amide bonds. The van der Waals surface area contributed by atoms with Crippen LogP contribution in [0.3, 0.4) is 0 Å². The average molecular weight is 413 g/mol. The molecule has 0 aromatic heterocycles. The highest BCUT2D eigenvalue weighted by atomic mass is 16.3. The first-order valence-corrected chi connectivity index (χ1v) is 12.1. The van der Waals surface area contributed by atoms with Gasteiger partial charge in [-0.3, -0.25) is 0 Å². The van der Waals surface area contributed by atoms with E-state index in [2.05, 4.69) is 44.2 Å². The largest absolute Gasteiger partial charge is 0.393 e. The third kappa shape index (κ3) is 4.40. The number of hydrogen-bond donors (Lipinski definition) is 3. The topological polar surface area (TPSA) is 60.7 Å². The highest BCUT2D eigenvalue weighted by Crippen LogP contribution is 2.58. The molecule has 2 fully saturated rings. The van der Waals surface area contributed by atoms with E-state index in [-0.39, 0.29) is 6.10 Å². The van der Waals surface area contributed by atoms with Crippen LogP contribution < -0.4 is 0 Å². The zero-order valence-electron chi connectivity index (χ0n) is 18.9. The summed E-state index contributed by atoms with van der Waals surface area (Å²) >= 11 is 0. The van der Waals surface area contributed by atoms with Crippen LogP contribution in [-0.2, 0) is 0 Å². The number of hydrogen-bond acceptors (Lipinski definition) is 3. The Kier molecular flexibility index (Phi) is 6.44. The van der Waals surface area contributed by atoms with Gasteiger partial charge in [-0.25, -0.2) is 0 Å². The van der Waals surface area contributed by atoms with E-state index >= 15 is 0 Å². The number of fused-ring (bicyclic) bond motifs is 1. The molecule has 0 aromatic carbocycles. The lowest BCUT2D eigenvalue weighted by Gasteiger charge is -2.42. The van der Waals surface area contributed by atoms with Crippen LogP contribution in [-0.4, -0.2) is 33.6 Å². The predicted octanol–water partition coefficient (Wildman–Crippen LogP) is 5.09. The predicted molar refractivity (Wildman–Crippen MR) is 122 cm³/mol. The molecule has 2 saturated carbocycles. The Morgan fingerprint density at radius 3 is 2.60 bits per heavy atom. The molecule has 0 unspecified atom stereocenters. The van der Waals surface area contributed by atoms with Crippen LogP contribution in [0.1, 0.15) is 72.1 Å². The fraction of sp³-hybridized carbons (Fsp3) is 0.704. The molecule has 0 bridgehead atoms. The summed E-state index contributed by atoms with van der Waals surface area (Å²) in [7, 11) is 0. The molecule has 3 heteroatoms. The molecule has 166 valence electrons. The fourth-order valence-electron chi connectivity index (χ4n) is 6.47. The molecule has 0 heterocycles. The smallest absolute Gasteiger partial charge is 0.0777 e. The van der Waals surface area contributed by atoms with Gasteiger partial charge in [-0.05, 0) is 97.7 Å². The molecule has 30 heavy (non-hydrogen) atoms. The van der Waals surface area contributed by atoms with Crippen LogP contribution in [0.2, 0.25) is 0 Å². The third-order valence-corrected chi connectivity index (χ3v) is 8.66. The van der Waals surface area contributed by atoms with Crippen molar-refractivity contribution in [3.05, 3.63) is 47.1 Å². The van der Waals surface area contributed by atoms with Crippen LogP contribution in [0, 0.1) is 29.1 Å². The Labute approximate surface area is 182 Å². The molecule has 0 saturated heterocycles. The number of allylic oxidation sites excluding steroid dienone is 5. The van der Waals surface area contributed by atoms with Crippen molar-refractivity contribution >= 4 is 0 Å². The van der Waals surface area contributed by atoms with Gasteiger partial charge in [-0.1, -0.05) is 44.2 Å². The highest BCUT2D eigenvalue weighted by molar-refractivity contribution is 5.37. The molecule has 3 N–H and O–H groups in total. The zero-order valence-corrected chi connectivity index (χ0v) is 18.9. The minimum atomic E-state index is -0.520. The van der Waals surface area contributed by atoms with Crippen LogP contribution in [0.5, 0.6) is 0 Å². The quantitative estimate of drug-likeness (QED) is 0.533. The minimum Gasteiger partial charge on any atom is -0.393 e. The summed E-state index contributed by atoms with van der Waals surface area (Å²) in [5.74, 6) is 2.23. The molecule has 0 aromatic rings. The van der Waals surface area contributed by atoms with E-state index in [1.165, 1.54) is 37.7 Å². The molecule has 0 spiro atoms. The summed E-state index contributed by atoms with van der Waals surface area (Å²) in [5, 5.41) is 30.5. The van der Waals surface area contributed by atoms with E-state index in [0.29, 0.717) is 41.9 Å². The Balaban J connectivity index is 1.47. The minimum absolute atomic E-state index is 0.250. The first-order valence-electron chi connectivity index (χ1n) is 12.1. The van der Waals surface area contributed by atoms with Gasteiger partial charge in [0.05, 0.1) is 18.3 Å². The summed E-state index contributed by atoms with van der Waals surface area (Å²) in [6, 6.07) is 0. The van der Waals surface area contributed by atoms with E-state index < -0.39 is 12.2 Å². The Morgan fingerprint density at radius 1 is 1.10 bits per heavy atom. The lowest BCUT2D eigenvalue weighted by molar-refractivity contribution is 0.0879. The Hall–Kier alpha value is -1.16. The van der Waals surface area contributed by atoms with Gasteiger partial charge in [0.1, 0.15) is 0 Å². The van der Waals surface area contributed by atoms with E-state index in [0.717, 1.165) is 17.6 Å². The normalized spacial score (nSPS) is 39.5. The van der Waals surface area contributed by atoms with Crippen molar-refractivity contribution in [1.82, 2.24) is 0 Å². The van der Waals surface area contributed by atoms with E-state index in [1.54, 1.807) is 0 Å². The van der Waals surface area contributed by atoms with Crippen LogP contribution in [0.25, 0.3) is 0 Å². The molecular formula is C27H40O3. The molecule has 4 aliphatic rings. The van der Waals surface area contributed by atoms with Crippen LogP contribution in [0.4, 0.5) is 0 Å². The van der Waals surface area contributed by atoms with Gasteiger partial charge in [0.15, 0.2) is 0 Å². The number of aliphatic hydroxyl groups is 3. The van der Waals surface area contributed by atoms with Gasteiger partial charge < -0.3 is 15.3 Å². The van der Waals surface area contributed by atoms with Gasteiger partial charge in [0.25, 0.3) is 0 Å². The molecule has 0 aliphatic heterocycles. The fourth-order valence-corrected chi connectivity index (χ4v) is 6.47. The molecule has 3 nitrogen and oxygen atoms in total. The first kappa shape index (κ1) is 22.0. The van der Waals surface area contributed by atoms with Crippen molar-refractivity contribution < 1.29 is 15.3 Å². The second-order valence-electron chi connectivity index (χ2n) is 10.7. The monoisotopic (exact) mass is 412 g/mol. The SMILES string of the molecule is CC1=C(/C=C/C2=CCC[C@]3(C)[C@@H]([C@H](C)/C=C/[C@@H](O)C4CC4)CC[C@@H]23)C[C@@H](O)C[C@@H]1O. The lowest BCUT2D eigenvalue weighted by atomic mass is 9.62. The lowest BCUT2D eigenvalue weighted by Crippen LogP contribution is -2.34. The second kappa shape index (κ2) is 8.76. The van der Waals surface area contributed by atoms with Crippen molar-refractivity contribution in [1.29, 1.82) is 0 Å². The summed E-state index contributed by atoms with van der Waals surface area (Å²) in [5.41, 5.74) is 3.84. The van der Waals surface area contributed by atoms with Gasteiger partial charge in [0, 0.05) is 6.42 Å². The summed E-state index contributed by atoms with van der Waals surface area (Å²) in [4.78, 5) is 0. The van der Waals surface area contributed by atoms with Crippen LogP contribution >= 0.6 is 0 Å². The van der Waals surface area contributed by atoms with E-state index in [4.69, 9.17) is 0 Å². The highest BCUT2D eigenvalue weighted by Gasteiger charge is 2.49. The maximum Gasteiger partial charge on any atom is 0.0777 e. The van der Waals surface area contributed by atoms with Gasteiger partial charge >= 0.3 is 0 Å². The van der Waals surface area contributed by atoms with E-state index in [9.17, 15) is 15.3 Å². The molecule has 7 atom stereocenters. The van der Waals surface area contributed by atoms with Crippen molar-refractivity contribution in [2.45, 2.75) is 90.4 Å². The van der Waals surface area contributed by atoms with Gasteiger partial charge in [-0.2, -0.15) is 0 Å². The molecule has 4 aliphatic carbocycles. The van der Waals surface area contributed by atoms with E-state index in [1.807, 2.05) is 6.92 Å². The summed E-state index contributed by atoms with van der Waals surface area (Å²) in [6.45, 7) is 6.81. The number of rotatable bonds is 6. The standard InChI is InChI=1S/C27H40O3/c1-17(6-13-25(29)20-8-9-20)23-11-12-24-19(5-4-14-27(23,24)3)7-10-21-15-22(28)16-26(30)18(21)2/h5-7,10,13,17,20,22-26,28-30H,4,8-9,11-12,14-16H2,1-3H3/b10-7+,13-6+/t17-,22-,23-,24+,25-,26+,27-/m1/s1. The molecule has 4 rings (SSSR count). The number of aliphatic hydroxyl groups excluding tert-OH is 3. The van der Waals surface area contributed by atoms with Crippen molar-refractivity contribution in [3.63, 3.8) is 0 Å². The maximum absolute atomic E-state index is 10.2. The molecule has 0 radical (unpaired) electrons. The summed E-state index contributed by atoms with van der Waals surface area (Å²) < 4.78 is 0. The Bertz CT molecular complexity index is 756. The average Bonchev–Trinajstić information content (AvgIpc) is 3.49. The third-order valence-electron chi connectivity index (χ3n) is 8.66. The van der Waals surface area contributed by atoms with Gasteiger partial charge in [0.2, 0.25) is 0 Å². The maximum atomic E-state index is 10.2. The summed E-state index contributed by atoms with van der Waals surface area (Å²) in [6.07, 6.45) is 18.2. The Morgan fingerprint density at radius 2 is 1.87 bits per heavy atom. The first-order chi connectivity index (χ1) is 14.3.